The third-order valence-electron chi connectivity index (χ3n) is 2.11. The quantitative estimate of drug-likeness (QED) is 0.562. The highest BCUT2D eigenvalue weighted by Crippen LogP contribution is 2.20. The summed E-state index contributed by atoms with van der Waals surface area (Å²) in [6.07, 6.45) is 3.30. The lowest BCUT2D eigenvalue weighted by atomic mass is 10.3. The van der Waals surface area contributed by atoms with Gasteiger partial charge < -0.3 is 0 Å². The van der Waals surface area contributed by atoms with E-state index in [2.05, 4.69) is 15.2 Å². The molecule has 4 nitrogen and oxygen atoms in total. The molecule has 0 aliphatic rings. The van der Waals surface area contributed by atoms with Crippen LogP contribution in [-0.4, -0.2) is 19.6 Å². The normalized spacial score (nSPS) is 11.2. The van der Waals surface area contributed by atoms with Crippen molar-refractivity contribution in [2.45, 2.75) is 0 Å². The zero-order valence-electron chi connectivity index (χ0n) is 7.05. The molecule has 0 atom stereocenters. The maximum atomic E-state index is 6.01. The summed E-state index contributed by atoms with van der Waals surface area (Å²) in [6, 6.07) is 5.63. The first-order chi connectivity index (χ1) is 6.86. The van der Waals surface area contributed by atoms with E-state index in [1.165, 1.54) is 0 Å². The SMILES string of the molecule is Clc1cccc2c1ncc1nncn12. The van der Waals surface area contributed by atoms with Crippen LogP contribution in [0.2, 0.25) is 5.02 Å². The number of benzene rings is 1. The molecule has 0 spiro atoms. The predicted octanol–water partition coefficient (Wildman–Crippen LogP) is 1.93. The Bertz CT molecular complexity index is 616. The van der Waals surface area contributed by atoms with Crippen LogP contribution < -0.4 is 0 Å². The third kappa shape index (κ3) is 0.914. The first-order valence-corrected chi connectivity index (χ1v) is 4.47. The van der Waals surface area contributed by atoms with Crippen LogP contribution in [0.15, 0.2) is 30.7 Å². The summed E-state index contributed by atoms with van der Waals surface area (Å²) in [6.45, 7) is 0. The molecule has 1 aromatic carbocycles. The average molecular weight is 205 g/mol. The van der Waals surface area contributed by atoms with Crippen molar-refractivity contribution in [3.05, 3.63) is 35.7 Å². The van der Waals surface area contributed by atoms with Crippen molar-refractivity contribution in [3.8, 4) is 0 Å². The number of aromatic nitrogens is 4. The molecule has 0 saturated carbocycles. The van der Waals surface area contributed by atoms with Crippen molar-refractivity contribution in [2.24, 2.45) is 0 Å². The molecule has 0 aliphatic carbocycles. The standard InChI is InChI=1S/C9H5ClN4/c10-6-2-1-3-7-9(6)11-4-8-13-12-5-14(7)8/h1-5H. The molecular formula is C9H5ClN4. The fraction of sp³-hybridized carbons (Fsp3) is 0. The molecule has 0 fully saturated rings. The smallest absolute Gasteiger partial charge is 0.179 e. The topological polar surface area (TPSA) is 43.1 Å². The Kier molecular flexibility index (Phi) is 1.46. The van der Waals surface area contributed by atoms with E-state index in [1.807, 2.05) is 22.6 Å². The zero-order chi connectivity index (χ0) is 9.54. The van der Waals surface area contributed by atoms with Crippen molar-refractivity contribution >= 4 is 28.3 Å². The average Bonchev–Trinajstić information content (AvgIpc) is 2.66. The van der Waals surface area contributed by atoms with E-state index in [0.717, 1.165) is 16.7 Å². The molecular weight excluding hydrogens is 200 g/mol. The van der Waals surface area contributed by atoms with Gasteiger partial charge in [0.2, 0.25) is 0 Å². The summed E-state index contributed by atoms with van der Waals surface area (Å²) in [5.74, 6) is 0. The number of para-hydroxylation sites is 1. The fourth-order valence-corrected chi connectivity index (χ4v) is 1.68. The van der Waals surface area contributed by atoms with E-state index in [1.54, 1.807) is 12.5 Å². The van der Waals surface area contributed by atoms with E-state index < -0.39 is 0 Å². The minimum absolute atomic E-state index is 0.637. The van der Waals surface area contributed by atoms with Crippen LogP contribution in [0.5, 0.6) is 0 Å². The maximum Gasteiger partial charge on any atom is 0.179 e. The maximum absolute atomic E-state index is 6.01. The molecule has 0 N–H and O–H groups in total. The van der Waals surface area contributed by atoms with E-state index in [-0.39, 0.29) is 0 Å². The Morgan fingerprint density at radius 1 is 1.29 bits per heavy atom. The van der Waals surface area contributed by atoms with Crippen LogP contribution >= 0.6 is 11.6 Å². The molecule has 68 valence electrons. The molecule has 3 rings (SSSR count). The molecule has 0 amide bonds. The Balaban J connectivity index is 2.64. The van der Waals surface area contributed by atoms with Gasteiger partial charge in [-0.05, 0) is 12.1 Å². The molecule has 2 heterocycles. The van der Waals surface area contributed by atoms with E-state index in [4.69, 9.17) is 11.6 Å². The summed E-state index contributed by atoms with van der Waals surface area (Å²) >= 11 is 6.01. The summed E-state index contributed by atoms with van der Waals surface area (Å²) in [5, 5.41) is 8.35. The Morgan fingerprint density at radius 3 is 3.14 bits per heavy atom. The summed E-state index contributed by atoms with van der Waals surface area (Å²) in [5.41, 5.74) is 2.40. The molecule has 0 radical (unpaired) electrons. The Labute approximate surface area is 84.2 Å². The first-order valence-electron chi connectivity index (χ1n) is 4.09. The van der Waals surface area contributed by atoms with Crippen LogP contribution in [0, 0.1) is 0 Å². The van der Waals surface area contributed by atoms with Crippen LogP contribution in [0.25, 0.3) is 16.7 Å². The summed E-state index contributed by atoms with van der Waals surface area (Å²) in [7, 11) is 0. The van der Waals surface area contributed by atoms with Gasteiger partial charge in [0.15, 0.2) is 5.65 Å². The van der Waals surface area contributed by atoms with Crippen molar-refractivity contribution in [2.75, 3.05) is 0 Å². The molecule has 2 aromatic heterocycles. The van der Waals surface area contributed by atoms with E-state index in [9.17, 15) is 0 Å². The van der Waals surface area contributed by atoms with Crippen LogP contribution in [0.3, 0.4) is 0 Å². The number of hydrogen-bond acceptors (Lipinski definition) is 3. The lowest BCUT2D eigenvalue weighted by molar-refractivity contribution is 1.11. The van der Waals surface area contributed by atoms with Gasteiger partial charge in [-0.2, -0.15) is 0 Å². The van der Waals surface area contributed by atoms with E-state index in [0.29, 0.717) is 5.02 Å². The van der Waals surface area contributed by atoms with Crippen LogP contribution in [0.1, 0.15) is 0 Å². The second-order valence-corrected chi connectivity index (χ2v) is 3.33. The number of halogens is 1. The highest BCUT2D eigenvalue weighted by molar-refractivity contribution is 6.34. The first kappa shape index (κ1) is 7.70. The lowest BCUT2D eigenvalue weighted by Crippen LogP contribution is -1.89. The van der Waals surface area contributed by atoms with Gasteiger partial charge >= 0.3 is 0 Å². The molecule has 0 bridgehead atoms. The number of hydrogen-bond donors (Lipinski definition) is 0. The Morgan fingerprint density at radius 2 is 2.21 bits per heavy atom. The molecule has 14 heavy (non-hydrogen) atoms. The molecule has 5 heteroatoms. The second-order valence-electron chi connectivity index (χ2n) is 2.92. The van der Waals surface area contributed by atoms with Gasteiger partial charge in [0.25, 0.3) is 0 Å². The highest BCUT2D eigenvalue weighted by Gasteiger charge is 2.04. The number of rotatable bonds is 0. The van der Waals surface area contributed by atoms with Crippen molar-refractivity contribution in [1.82, 2.24) is 19.6 Å². The van der Waals surface area contributed by atoms with Gasteiger partial charge in [0.05, 0.1) is 16.7 Å². The number of fused-ring (bicyclic) bond motifs is 3. The Hall–Kier alpha value is -1.68. The van der Waals surface area contributed by atoms with Gasteiger partial charge in [0, 0.05) is 0 Å². The molecule has 0 unspecified atom stereocenters. The number of nitrogens with zero attached hydrogens (tertiary/aromatic N) is 4. The minimum Gasteiger partial charge on any atom is -0.279 e. The molecule has 0 saturated heterocycles. The zero-order valence-corrected chi connectivity index (χ0v) is 7.81. The van der Waals surface area contributed by atoms with Gasteiger partial charge in [0.1, 0.15) is 11.8 Å². The van der Waals surface area contributed by atoms with Crippen LogP contribution in [-0.2, 0) is 0 Å². The molecule has 0 aliphatic heterocycles. The highest BCUT2D eigenvalue weighted by atomic mass is 35.5. The monoisotopic (exact) mass is 204 g/mol. The van der Waals surface area contributed by atoms with E-state index >= 15 is 0 Å². The summed E-state index contributed by atoms with van der Waals surface area (Å²) in [4.78, 5) is 4.23. The van der Waals surface area contributed by atoms with Gasteiger partial charge in [-0.15, -0.1) is 10.2 Å². The molecule has 3 aromatic rings. The third-order valence-corrected chi connectivity index (χ3v) is 2.41. The predicted molar refractivity (Wildman–Crippen MR) is 53.3 cm³/mol. The fourth-order valence-electron chi connectivity index (χ4n) is 1.47. The van der Waals surface area contributed by atoms with Gasteiger partial charge in [-0.25, -0.2) is 4.98 Å². The van der Waals surface area contributed by atoms with Crippen LogP contribution in [0.4, 0.5) is 0 Å². The largest absolute Gasteiger partial charge is 0.279 e. The lowest BCUT2D eigenvalue weighted by Gasteiger charge is -2.00. The summed E-state index contributed by atoms with van der Waals surface area (Å²) < 4.78 is 1.86. The van der Waals surface area contributed by atoms with Crippen molar-refractivity contribution in [3.63, 3.8) is 0 Å². The van der Waals surface area contributed by atoms with Gasteiger partial charge in [-0.3, -0.25) is 4.40 Å². The van der Waals surface area contributed by atoms with Crippen molar-refractivity contribution < 1.29 is 0 Å². The minimum atomic E-state index is 0.637. The van der Waals surface area contributed by atoms with Gasteiger partial charge in [-0.1, -0.05) is 17.7 Å². The second kappa shape index (κ2) is 2.65. The van der Waals surface area contributed by atoms with Crippen molar-refractivity contribution in [1.29, 1.82) is 0 Å².